The maximum Gasteiger partial charge on any atom is 0.242 e. The van der Waals surface area contributed by atoms with E-state index >= 15 is 0 Å². The van der Waals surface area contributed by atoms with Gasteiger partial charge in [0.1, 0.15) is 0 Å². The van der Waals surface area contributed by atoms with Crippen molar-refractivity contribution in [2.24, 2.45) is 5.92 Å². The Balaban J connectivity index is 1.94. The lowest BCUT2D eigenvalue weighted by atomic mass is 9.99. The van der Waals surface area contributed by atoms with E-state index in [1.165, 1.54) is 4.31 Å². The minimum absolute atomic E-state index is 0.207. The fourth-order valence-electron chi connectivity index (χ4n) is 2.55. The fourth-order valence-corrected chi connectivity index (χ4v) is 3.45. The van der Waals surface area contributed by atoms with E-state index in [-0.39, 0.29) is 6.04 Å². The normalized spacial score (nSPS) is 18.5. The molecule has 6 heteroatoms. The van der Waals surface area contributed by atoms with Gasteiger partial charge < -0.3 is 10.1 Å². The van der Waals surface area contributed by atoms with Crippen LogP contribution >= 0.6 is 0 Å². The molecule has 0 saturated carbocycles. The number of sulfonamides is 1. The molecule has 22 heavy (non-hydrogen) atoms. The number of benzene rings is 1. The van der Waals surface area contributed by atoms with Gasteiger partial charge in [0, 0.05) is 33.4 Å². The molecule has 0 bridgehead atoms. The summed E-state index contributed by atoms with van der Waals surface area (Å²) in [5.74, 6) is 0.671. The second-order valence-corrected chi connectivity index (χ2v) is 8.19. The summed E-state index contributed by atoms with van der Waals surface area (Å²) < 4.78 is 30.7. The molecule has 0 aromatic heterocycles. The highest BCUT2D eigenvalue weighted by Crippen LogP contribution is 2.19. The van der Waals surface area contributed by atoms with Gasteiger partial charge >= 0.3 is 0 Å². The summed E-state index contributed by atoms with van der Waals surface area (Å²) in [4.78, 5) is 0.331. The molecule has 5 nitrogen and oxygen atoms in total. The van der Waals surface area contributed by atoms with E-state index in [0.29, 0.717) is 10.8 Å². The van der Waals surface area contributed by atoms with Gasteiger partial charge in [0.15, 0.2) is 0 Å². The van der Waals surface area contributed by atoms with Gasteiger partial charge in [0.2, 0.25) is 10.0 Å². The quantitative estimate of drug-likeness (QED) is 0.869. The lowest BCUT2D eigenvalue weighted by Crippen LogP contribution is -2.29. The zero-order chi connectivity index (χ0) is 16.2. The van der Waals surface area contributed by atoms with Crippen LogP contribution in [-0.2, 0) is 14.8 Å². The molecule has 1 aliphatic heterocycles. The van der Waals surface area contributed by atoms with Crippen LogP contribution in [0, 0.1) is 5.92 Å². The van der Waals surface area contributed by atoms with E-state index in [4.69, 9.17) is 4.74 Å². The summed E-state index contributed by atoms with van der Waals surface area (Å²) in [7, 11) is -0.264. The van der Waals surface area contributed by atoms with Crippen molar-refractivity contribution in [1.29, 1.82) is 0 Å². The molecule has 1 heterocycles. The molecule has 1 unspecified atom stereocenters. The Morgan fingerprint density at radius 3 is 2.36 bits per heavy atom. The highest BCUT2D eigenvalue weighted by atomic mass is 32.2. The highest BCUT2D eigenvalue weighted by Gasteiger charge is 2.18. The van der Waals surface area contributed by atoms with Crippen molar-refractivity contribution in [2.45, 2.75) is 30.7 Å². The van der Waals surface area contributed by atoms with Crippen molar-refractivity contribution in [2.75, 3.05) is 33.9 Å². The van der Waals surface area contributed by atoms with Crippen LogP contribution in [-0.4, -0.2) is 46.6 Å². The van der Waals surface area contributed by atoms with Gasteiger partial charge in [-0.3, -0.25) is 0 Å². The molecule has 1 saturated heterocycles. The molecule has 0 aliphatic carbocycles. The van der Waals surface area contributed by atoms with Gasteiger partial charge in [-0.1, -0.05) is 12.1 Å². The van der Waals surface area contributed by atoms with Gasteiger partial charge in [0.05, 0.1) is 4.90 Å². The third-order valence-electron chi connectivity index (χ3n) is 4.21. The number of nitrogens with one attached hydrogen (secondary N) is 1. The van der Waals surface area contributed by atoms with Crippen LogP contribution < -0.4 is 5.32 Å². The predicted molar refractivity (Wildman–Crippen MR) is 87.3 cm³/mol. The lowest BCUT2D eigenvalue weighted by Gasteiger charge is -2.24. The third-order valence-corrected chi connectivity index (χ3v) is 6.04. The van der Waals surface area contributed by atoms with Crippen LogP contribution in [0.1, 0.15) is 31.4 Å². The van der Waals surface area contributed by atoms with Crippen molar-refractivity contribution < 1.29 is 13.2 Å². The SMILES string of the molecule is CC(NCC1CCOCC1)c1ccc(S(=O)(=O)N(C)C)cc1. The Labute approximate surface area is 133 Å². The van der Waals surface area contributed by atoms with Crippen molar-refractivity contribution >= 4 is 10.0 Å². The molecule has 1 aromatic carbocycles. The highest BCUT2D eigenvalue weighted by molar-refractivity contribution is 7.89. The molecule has 0 amide bonds. The van der Waals surface area contributed by atoms with Crippen LogP contribution in [0.15, 0.2) is 29.2 Å². The summed E-state index contributed by atoms with van der Waals surface area (Å²) >= 11 is 0. The van der Waals surface area contributed by atoms with Gasteiger partial charge in [-0.25, -0.2) is 12.7 Å². The van der Waals surface area contributed by atoms with E-state index < -0.39 is 10.0 Å². The molecule has 1 aliphatic rings. The molecule has 124 valence electrons. The monoisotopic (exact) mass is 326 g/mol. The van der Waals surface area contributed by atoms with Crippen LogP contribution in [0.25, 0.3) is 0 Å². The maximum atomic E-state index is 12.0. The first-order chi connectivity index (χ1) is 10.4. The minimum atomic E-state index is -3.35. The molecule has 2 rings (SSSR count). The van der Waals surface area contributed by atoms with Gasteiger partial charge in [0.25, 0.3) is 0 Å². The van der Waals surface area contributed by atoms with Crippen molar-refractivity contribution in [3.63, 3.8) is 0 Å². The number of hydrogen-bond donors (Lipinski definition) is 1. The third kappa shape index (κ3) is 4.29. The van der Waals surface area contributed by atoms with Crippen molar-refractivity contribution in [3.05, 3.63) is 29.8 Å². The average Bonchev–Trinajstić information content (AvgIpc) is 2.53. The summed E-state index contributed by atoms with van der Waals surface area (Å²) in [6, 6.07) is 7.34. The lowest BCUT2D eigenvalue weighted by molar-refractivity contribution is 0.0656. The van der Waals surface area contributed by atoms with Crippen molar-refractivity contribution in [3.8, 4) is 0 Å². The topological polar surface area (TPSA) is 58.6 Å². The zero-order valence-corrected chi connectivity index (χ0v) is 14.4. The Morgan fingerprint density at radius 1 is 1.23 bits per heavy atom. The van der Waals surface area contributed by atoms with Gasteiger partial charge in [-0.2, -0.15) is 0 Å². The molecule has 1 atom stereocenters. The van der Waals surface area contributed by atoms with Crippen LogP contribution in [0.4, 0.5) is 0 Å². The number of nitrogens with zero attached hydrogens (tertiary/aromatic N) is 1. The van der Waals surface area contributed by atoms with E-state index in [1.807, 2.05) is 12.1 Å². The van der Waals surface area contributed by atoms with E-state index in [0.717, 1.165) is 38.2 Å². The van der Waals surface area contributed by atoms with E-state index in [2.05, 4.69) is 12.2 Å². The first-order valence-electron chi connectivity index (χ1n) is 7.75. The zero-order valence-electron chi connectivity index (χ0n) is 13.6. The molecule has 0 radical (unpaired) electrons. The number of hydrogen-bond acceptors (Lipinski definition) is 4. The average molecular weight is 326 g/mol. The van der Waals surface area contributed by atoms with Crippen LogP contribution in [0.5, 0.6) is 0 Å². The second kappa shape index (κ2) is 7.55. The first kappa shape index (κ1) is 17.4. The van der Waals surface area contributed by atoms with E-state index in [9.17, 15) is 8.42 Å². The largest absolute Gasteiger partial charge is 0.381 e. The summed E-state index contributed by atoms with van der Waals surface area (Å²) in [6.45, 7) is 4.80. The predicted octanol–water partition coefficient (Wildman–Crippen LogP) is 2.01. The Bertz CT molecular complexity index is 564. The van der Waals surface area contributed by atoms with Crippen molar-refractivity contribution in [1.82, 2.24) is 9.62 Å². The second-order valence-electron chi connectivity index (χ2n) is 6.04. The first-order valence-corrected chi connectivity index (χ1v) is 9.19. The maximum absolute atomic E-state index is 12.0. The molecule has 0 spiro atoms. The summed E-state index contributed by atoms with van der Waals surface area (Å²) in [5, 5.41) is 3.53. The van der Waals surface area contributed by atoms with E-state index in [1.54, 1.807) is 26.2 Å². The molecule has 1 N–H and O–H groups in total. The Hall–Kier alpha value is -0.950. The smallest absolute Gasteiger partial charge is 0.242 e. The molecule has 1 aromatic rings. The Morgan fingerprint density at radius 2 is 1.82 bits per heavy atom. The standard InChI is InChI=1S/C16H26N2O3S/c1-13(17-12-14-8-10-21-11-9-14)15-4-6-16(7-5-15)22(19,20)18(2)3/h4-7,13-14,17H,8-12H2,1-3H3. The van der Waals surface area contributed by atoms with Crippen LogP contribution in [0.3, 0.4) is 0 Å². The van der Waals surface area contributed by atoms with Crippen LogP contribution in [0.2, 0.25) is 0 Å². The molecular formula is C16H26N2O3S. The molecular weight excluding hydrogens is 300 g/mol. The number of ether oxygens (including phenoxy) is 1. The van der Waals surface area contributed by atoms with Gasteiger partial charge in [-0.05, 0) is 49.9 Å². The summed E-state index contributed by atoms with van der Waals surface area (Å²) in [5.41, 5.74) is 1.10. The fraction of sp³-hybridized carbons (Fsp3) is 0.625. The Kier molecular flexibility index (Phi) is 5.97. The molecule has 1 fully saturated rings. The summed E-state index contributed by atoms with van der Waals surface area (Å²) in [6.07, 6.45) is 2.22. The van der Waals surface area contributed by atoms with Gasteiger partial charge in [-0.15, -0.1) is 0 Å². The number of rotatable bonds is 6. The minimum Gasteiger partial charge on any atom is -0.381 e.